The summed E-state index contributed by atoms with van der Waals surface area (Å²) >= 11 is 11.1. The molecular formula is C15H19ClFNO2S. The van der Waals surface area contributed by atoms with E-state index < -0.39 is 5.82 Å². The van der Waals surface area contributed by atoms with Crippen LogP contribution in [0, 0.1) is 11.7 Å². The highest BCUT2D eigenvalue weighted by Gasteiger charge is 2.13. The molecule has 3 nitrogen and oxygen atoms in total. The van der Waals surface area contributed by atoms with E-state index in [1.807, 2.05) is 20.8 Å². The Morgan fingerprint density at radius 3 is 2.71 bits per heavy atom. The standard InChI is InChI=1S/C15H19ClFNO2S/c1-4-20-15(21)7-10-6-13(12(17)8-11(10)16)18-14(19)5-9(2)3/h6,8-9H,4-5,7H2,1-3H3,(H,18,19). The summed E-state index contributed by atoms with van der Waals surface area (Å²) in [4.78, 5) is 11.7. The molecule has 6 heteroatoms. The first-order valence-corrected chi connectivity index (χ1v) is 7.55. The first-order valence-electron chi connectivity index (χ1n) is 6.76. The van der Waals surface area contributed by atoms with Crippen molar-refractivity contribution < 1.29 is 13.9 Å². The Hall–Kier alpha value is -1.20. The predicted molar refractivity (Wildman–Crippen MR) is 87.4 cm³/mol. The van der Waals surface area contributed by atoms with E-state index in [1.54, 1.807) is 0 Å². The summed E-state index contributed by atoms with van der Waals surface area (Å²) in [6.45, 7) is 6.14. The third-order valence-electron chi connectivity index (χ3n) is 2.64. The van der Waals surface area contributed by atoms with Gasteiger partial charge in [0, 0.05) is 17.9 Å². The number of thiocarbonyl (C=S) groups is 1. The molecule has 1 aromatic carbocycles. The minimum absolute atomic E-state index is 0.111. The number of anilines is 1. The van der Waals surface area contributed by atoms with E-state index in [0.29, 0.717) is 30.1 Å². The number of carbonyl (C=O) groups excluding carboxylic acids is 1. The summed E-state index contributed by atoms with van der Waals surface area (Å²) in [7, 11) is 0. The molecule has 116 valence electrons. The third-order valence-corrected chi connectivity index (χ3v) is 3.26. The summed E-state index contributed by atoms with van der Waals surface area (Å²) < 4.78 is 19.0. The lowest BCUT2D eigenvalue weighted by Gasteiger charge is -2.12. The number of rotatable bonds is 6. The van der Waals surface area contributed by atoms with Crippen molar-refractivity contribution in [1.29, 1.82) is 0 Å². The Labute approximate surface area is 134 Å². The van der Waals surface area contributed by atoms with Gasteiger partial charge >= 0.3 is 0 Å². The Bertz CT molecular complexity index is 535. The van der Waals surface area contributed by atoms with Crippen LogP contribution in [0.15, 0.2) is 12.1 Å². The van der Waals surface area contributed by atoms with Crippen molar-refractivity contribution in [2.45, 2.75) is 33.6 Å². The molecule has 0 aliphatic heterocycles. The SMILES string of the molecule is CCOC(=S)Cc1cc(NC(=O)CC(C)C)c(F)cc1Cl. The maximum Gasteiger partial charge on any atom is 0.224 e. The molecular weight excluding hydrogens is 313 g/mol. The summed E-state index contributed by atoms with van der Waals surface area (Å²) in [6.07, 6.45) is 0.629. The highest BCUT2D eigenvalue weighted by atomic mass is 35.5. The molecule has 0 aliphatic rings. The van der Waals surface area contributed by atoms with Crippen LogP contribution in [0.1, 0.15) is 32.8 Å². The molecule has 0 saturated heterocycles. The normalized spacial score (nSPS) is 10.6. The Morgan fingerprint density at radius 2 is 2.14 bits per heavy atom. The van der Waals surface area contributed by atoms with Crippen LogP contribution in [0.2, 0.25) is 5.02 Å². The van der Waals surface area contributed by atoms with Gasteiger partial charge in [0.15, 0.2) is 5.05 Å². The Morgan fingerprint density at radius 1 is 1.48 bits per heavy atom. The van der Waals surface area contributed by atoms with Crippen LogP contribution < -0.4 is 5.32 Å². The summed E-state index contributed by atoms with van der Waals surface area (Å²) in [5.74, 6) is -0.599. The highest BCUT2D eigenvalue weighted by Crippen LogP contribution is 2.25. The summed E-state index contributed by atoms with van der Waals surface area (Å²) in [5.41, 5.74) is 0.732. The number of hydrogen-bond donors (Lipinski definition) is 1. The Kier molecular flexibility index (Phi) is 7.05. The van der Waals surface area contributed by atoms with Crippen LogP contribution >= 0.6 is 23.8 Å². The van der Waals surface area contributed by atoms with Gasteiger partial charge in [-0.25, -0.2) is 4.39 Å². The molecule has 0 bridgehead atoms. The second kappa shape index (κ2) is 8.29. The molecule has 0 aromatic heterocycles. The van der Waals surface area contributed by atoms with Crippen molar-refractivity contribution in [1.82, 2.24) is 0 Å². The van der Waals surface area contributed by atoms with Gasteiger partial charge in [-0.2, -0.15) is 0 Å². The van der Waals surface area contributed by atoms with Gasteiger partial charge in [-0.1, -0.05) is 25.4 Å². The molecule has 0 aliphatic carbocycles. The average Bonchev–Trinajstić information content (AvgIpc) is 2.34. The fraction of sp³-hybridized carbons (Fsp3) is 0.467. The molecule has 0 fully saturated rings. The van der Waals surface area contributed by atoms with E-state index in [-0.39, 0.29) is 22.5 Å². The molecule has 0 radical (unpaired) electrons. The van der Waals surface area contributed by atoms with Gasteiger partial charge in [-0.15, -0.1) is 0 Å². The molecule has 0 atom stereocenters. The second-order valence-electron chi connectivity index (χ2n) is 5.05. The van der Waals surface area contributed by atoms with E-state index in [4.69, 9.17) is 28.6 Å². The molecule has 1 amide bonds. The largest absolute Gasteiger partial charge is 0.487 e. The van der Waals surface area contributed by atoms with Gasteiger partial charge in [0.05, 0.1) is 12.3 Å². The van der Waals surface area contributed by atoms with E-state index >= 15 is 0 Å². The molecule has 0 heterocycles. The molecule has 0 unspecified atom stereocenters. The molecule has 21 heavy (non-hydrogen) atoms. The van der Waals surface area contributed by atoms with Gasteiger partial charge in [-0.05, 0) is 42.8 Å². The van der Waals surface area contributed by atoms with Crippen molar-refractivity contribution in [2.24, 2.45) is 5.92 Å². The number of amides is 1. The van der Waals surface area contributed by atoms with Crippen LogP contribution in [0.3, 0.4) is 0 Å². The van der Waals surface area contributed by atoms with Crippen LogP contribution in [-0.4, -0.2) is 17.6 Å². The second-order valence-corrected chi connectivity index (χ2v) is 5.91. The first kappa shape index (κ1) is 17.9. The number of benzene rings is 1. The maximum absolute atomic E-state index is 13.9. The van der Waals surface area contributed by atoms with Crippen molar-refractivity contribution in [3.8, 4) is 0 Å². The van der Waals surface area contributed by atoms with Crippen LogP contribution in [0.25, 0.3) is 0 Å². The number of ether oxygens (including phenoxy) is 1. The molecule has 1 N–H and O–H groups in total. The lowest BCUT2D eigenvalue weighted by molar-refractivity contribution is -0.116. The van der Waals surface area contributed by atoms with Crippen LogP contribution in [-0.2, 0) is 16.0 Å². The molecule has 1 aromatic rings. The highest BCUT2D eigenvalue weighted by molar-refractivity contribution is 7.80. The number of halogens is 2. The minimum atomic E-state index is -0.566. The van der Waals surface area contributed by atoms with Crippen LogP contribution in [0.4, 0.5) is 10.1 Å². The zero-order valence-electron chi connectivity index (χ0n) is 12.3. The molecule has 0 spiro atoms. The smallest absolute Gasteiger partial charge is 0.224 e. The van der Waals surface area contributed by atoms with Crippen molar-refractivity contribution in [3.63, 3.8) is 0 Å². The van der Waals surface area contributed by atoms with Gasteiger partial charge in [0.25, 0.3) is 0 Å². The van der Waals surface area contributed by atoms with Crippen molar-refractivity contribution in [2.75, 3.05) is 11.9 Å². The maximum atomic E-state index is 13.9. The van der Waals surface area contributed by atoms with Gasteiger partial charge in [0.1, 0.15) is 5.82 Å². The van der Waals surface area contributed by atoms with Gasteiger partial charge < -0.3 is 10.1 Å². The minimum Gasteiger partial charge on any atom is -0.487 e. The van der Waals surface area contributed by atoms with Crippen molar-refractivity contribution in [3.05, 3.63) is 28.5 Å². The number of hydrogen-bond acceptors (Lipinski definition) is 3. The van der Waals surface area contributed by atoms with E-state index in [9.17, 15) is 9.18 Å². The van der Waals surface area contributed by atoms with E-state index in [1.165, 1.54) is 12.1 Å². The molecule has 1 rings (SSSR count). The number of carbonyl (C=O) groups is 1. The summed E-state index contributed by atoms with van der Waals surface area (Å²) in [6, 6.07) is 2.68. The third kappa shape index (κ3) is 5.98. The zero-order chi connectivity index (χ0) is 16.0. The molecule has 0 saturated carbocycles. The quantitative estimate of drug-likeness (QED) is 0.787. The number of nitrogens with one attached hydrogen (secondary N) is 1. The van der Waals surface area contributed by atoms with Crippen LogP contribution in [0.5, 0.6) is 0 Å². The zero-order valence-corrected chi connectivity index (χ0v) is 13.9. The van der Waals surface area contributed by atoms with E-state index in [2.05, 4.69) is 5.32 Å². The summed E-state index contributed by atoms with van der Waals surface area (Å²) in [5, 5.41) is 3.20. The fourth-order valence-corrected chi connectivity index (χ4v) is 2.26. The van der Waals surface area contributed by atoms with Gasteiger partial charge in [0.2, 0.25) is 5.91 Å². The fourth-order valence-electron chi connectivity index (χ4n) is 1.76. The first-order chi connectivity index (χ1) is 9.83. The average molecular weight is 332 g/mol. The lowest BCUT2D eigenvalue weighted by atomic mass is 10.1. The Balaban J connectivity index is 2.90. The van der Waals surface area contributed by atoms with E-state index in [0.717, 1.165) is 0 Å². The van der Waals surface area contributed by atoms with Crippen molar-refractivity contribution >= 4 is 40.5 Å². The van der Waals surface area contributed by atoms with Gasteiger partial charge in [-0.3, -0.25) is 4.79 Å². The monoisotopic (exact) mass is 331 g/mol. The predicted octanol–water partition coefficient (Wildman–Crippen LogP) is 4.37. The lowest BCUT2D eigenvalue weighted by Crippen LogP contribution is -2.15. The topological polar surface area (TPSA) is 38.3 Å².